The normalized spacial score (nSPS) is 10.5. The third-order valence-electron chi connectivity index (χ3n) is 1.98. The largest absolute Gasteiger partial charge is 0.326 e. The zero-order valence-electron chi connectivity index (χ0n) is 8.30. The standard InChI is InChI=1S/C9H9N3O2S/c1-6-5-7(2)11(10-6)8-3-4-9(15-8)12(13)14/h3-5H,1-2H3. The van der Waals surface area contributed by atoms with Gasteiger partial charge in [-0.3, -0.25) is 10.1 Å². The van der Waals surface area contributed by atoms with Crippen LogP contribution in [0.1, 0.15) is 11.4 Å². The smallest absolute Gasteiger partial charge is 0.258 e. The summed E-state index contributed by atoms with van der Waals surface area (Å²) in [7, 11) is 0. The average Bonchev–Trinajstić information content (AvgIpc) is 2.71. The van der Waals surface area contributed by atoms with Gasteiger partial charge in [-0.1, -0.05) is 0 Å². The van der Waals surface area contributed by atoms with Crippen LogP contribution in [0.15, 0.2) is 18.2 Å². The maximum Gasteiger partial charge on any atom is 0.326 e. The Bertz CT molecular complexity index is 515. The van der Waals surface area contributed by atoms with E-state index in [1.165, 1.54) is 6.07 Å². The van der Waals surface area contributed by atoms with Crippen molar-refractivity contribution in [3.63, 3.8) is 0 Å². The van der Waals surface area contributed by atoms with Crippen LogP contribution in [-0.2, 0) is 0 Å². The lowest BCUT2D eigenvalue weighted by Crippen LogP contribution is -1.95. The summed E-state index contributed by atoms with van der Waals surface area (Å²) in [4.78, 5) is 10.1. The van der Waals surface area contributed by atoms with Crippen molar-refractivity contribution in [3.8, 4) is 5.00 Å². The second-order valence-corrected chi connectivity index (χ2v) is 4.25. The van der Waals surface area contributed by atoms with Gasteiger partial charge in [0.25, 0.3) is 0 Å². The number of rotatable bonds is 2. The maximum atomic E-state index is 10.5. The molecule has 0 spiro atoms. The number of nitrogens with zero attached hydrogens (tertiary/aromatic N) is 3. The third kappa shape index (κ3) is 1.75. The number of hydrogen-bond acceptors (Lipinski definition) is 4. The van der Waals surface area contributed by atoms with Crippen molar-refractivity contribution in [2.45, 2.75) is 13.8 Å². The van der Waals surface area contributed by atoms with Crippen molar-refractivity contribution >= 4 is 16.3 Å². The molecule has 2 heterocycles. The molecule has 0 aromatic carbocycles. The molecule has 0 saturated heterocycles. The van der Waals surface area contributed by atoms with Crippen LogP contribution in [0.4, 0.5) is 5.00 Å². The first-order chi connectivity index (χ1) is 7.08. The van der Waals surface area contributed by atoms with Crippen molar-refractivity contribution in [1.82, 2.24) is 9.78 Å². The summed E-state index contributed by atoms with van der Waals surface area (Å²) in [6.07, 6.45) is 0. The van der Waals surface area contributed by atoms with Gasteiger partial charge >= 0.3 is 5.00 Å². The zero-order valence-corrected chi connectivity index (χ0v) is 9.11. The summed E-state index contributed by atoms with van der Waals surface area (Å²) in [5.41, 5.74) is 1.88. The van der Waals surface area contributed by atoms with E-state index in [0.717, 1.165) is 27.7 Å². The second kappa shape index (κ2) is 3.47. The lowest BCUT2D eigenvalue weighted by atomic mass is 10.4. The molecular formula is C9H9N3O2S. The Morgan fingerprint density at radius 2 is 2.20 bits per heavy atom. The summed E-state index contributed by atoms with van der Waals surface area (Å²) in [5, 5.41) is 15.7. The Morgan fingerprint density at radius 3 is 2.67 bits per heavy atom. The first-order valence-corrected chi connectivity index (χ1v) is 5.17. The van der Waals surface area contributed by atoms with Crippen molar-refractivity contribution in [2.24, 2.45) is 0 Å². The quantitative estimate of drug-likeness (QED) is 0.580. The number of aromatic nitrogens is 2. The molecule has 78 valence electrons. The van der Waals surface area contributed by atoms with E-state index in [4.69, 9.17) is 0 Å². The van der Waals surface area contributed by atoms with E-state index in [9.17, 15) is 10.1 Å². The van der Waals surface area contributed by atoms with Gasteiger partial charge in [0.15, 0.2) is 0 Å². The summed E-state index contributed by atoms with van der Waals surface area (Å²) < 4.78 is 1.72. The van der Waals surface area contributed by atoms with Crippen molar-refractivity contribution in [1.29, 1.82) is 0 Å². The molecule has 2 rings (SSSR count). The molecule has 2 aromatic heterocycles. The fourth-order valence-corrected chi connectivity index (χ4v) is 2.21. The average molecular weight is 223 g/mol. The van der Waals surface area contributed by atoms with E-state index >= 15 is 0 Å². The molecule has 0 N–H and O–H groups in total. The van der Waals surface area contributed by atoms with Crippen molar-refractivity contribution in [2.75, 3.05) is 0 Å². The summed E-state index contributed by atoms with van der Waals surface area (Å²) in [6.45, 7) is 3.82. The molecule has 0 atom stereocenters. The molecule has 0 saturated carbocycles. The van der Waals surface area contributed by atoms with E-state index in [0.29, 0.717) is 0 Å². The van der Waals surface area contributed by atoms with Crippen molar-refractivity contribution < 1.29 is 4.92 Å². The molecule has 0 unspecified atom stereocenters. The van der Waals surface area contributed by atoms with Crippen LogP contribution < -0.4 is 0 Å². The van der Waals surface area contributed by atoms with Crippen LogP contribution in [0, 0.1) is 24.0 Å². The monoisotopic (exact) mass is 223 g/mol. The minimum Gasteiger partial charge on any atom is -0.258 e. The summed E-state index contributed by atoms with van der Waals surface area (Å²) in [5.74, 6) is 0. The predicted molar refractivity (Wildman–Crippen MR) is 57.6 cm³/mol. The minimum absolute atomic E-state index is 0.137. The van der Waals surface area contributed by atoms with E-state index in [1.54, 1.807) is 10.7 Å². The number of nitro groups is 1. The van der Waals surface area contributed by atoms with Gasteiger partial charge in [-0.15, -0.1) is 0 Å². The van der Waals surface area contributed by atoms with Crippen LogP contribution in [0.5, 0.6) is 0 Å². The molecule has 5 nitrogen and oxygen atoms in total. The number of hydrogen-bond donors (Lipinski definition) is 0. The predicted octanol–water partition coefficient (Wildman–Crippen LogP) is 2.46. The van der Waals surface area contributed by atoms with Gasteiger partial charge in [0.05, 0.1) is 10.6 Å². The second-order valence-electron chi connectivity index (χ2n) is 3.21. The van der Waals surface area contributed by atoms with Gasteiger partial charge in [-0.2, -0.15) is 5.10 Å². The molecule has 0 aliphatic heterocycles. The Labute approximate surface area is 90.1 Å². The van der Waals surface area contributed by atoms with Gasteiger partial charge in [-0.05, 0) is 37.3 Å². The highest BCUT2D eigenvalue weighted by Crippen LogP contribution is 2.27. The summed E-state index contributed by atoms with van der Waals surface area (Å²) >= 11 is 1.12. The molecule has 0 radical (unpaired) electrons. The third-order valence-corrected chi connectivity index (χ3v) is 2.99. The van der Waals surface area contributed by atoms with Gasteiger partial charge in [0.1, 0.15) is 5.00 Å². The molecule has 0 bridgehead atoms. The first kappa shape index (κ1) is 9.85. The molecule has 0 amide bonds. The van der Waals surface area contributed by atoms with Crippen LogP contribution in [0.3, 0.4) is 0 Å². The van der Waals surface area contributed by atoms with Gasteiger partial charge in [0.2, 0.25) is 0 Å². The molecule has 0 aliphatic rings. The van der Waals surface area contributed by atoms with Crippen LogP contribution in [0.2, 0.25) is 0 Å². The fourth-order valence-electron chi connectivity index (χ4n) is 1.38. The lowest BCUT2D eigenvalue weighted by molar-refractivity contribution is -0.380. The molecule has 15 heavy (non-hydrogen) atoms. The topological polar surface area (TPSA) is 61.0 Å². The van der Waals surface area contributed by atoms with E-state index < -0.39 is 0 Å². The van der Waals surface area contributed by atoms with E-state index in [-0.39, 0.29) is 9.92 Å². The fraction of sp³-hybridized carbons (Fsp3) is 0.222. The van der Waals surface area contributed by atoms with Crippen molar-refractivity contribution in [3.05, 3.63) is 39.7 Å². The lowest BCUT2D eigenvalue weighted by Gasteiger charge is -1.97. The minimum atomic E-state index is -0.389. The van der Waals surface area contributed by atoms with E-state index in [1.807, 2.05) is 19.9 Å². The first-order valence-electron chi connectivity index (χ1n) is 4.36. The Morgan fingerprint density at radius 1 is 1.47 bits per heavy atom. The molecule has 0 fully saturated rings. The highest BCUT2D eigenvalue weighted by Gasteiger charge is 2.12. The van der Waals surface area contributed by atoms with Gasteiger partial charge in [0, 0.05) is 11.8 Å². The van der Waals surface area contributed by atoms with E-state index in [2.05, 4.69) is 5.10 Å². The molecular weight excluding hydrogens is 214 g/mol. The number of aryl methyl sites for hydroxylation is 2. The Hall–Kier alpha value is -1.69. The SMILES string of the molecule is Cc1cc(C)n(-c2ccc([N+](=O)[O-])s2)n1. The highest BCUT2D eigenvalue weighted by atomic mass is 32.1. The number of thiophene rings is 1. The molecule has 2 aromatic rings. The van der Waals surface area contributed by atoms with Crippen LogP contribution in [-0.4, -0.2) is 14.7 Å². The molecule has 0 aliphatic carbocycles. The molecule has 6 heteroatoms. The van der Waals surface area contributed by atoms with Crippen LogP contribution >= 0.6 is 11.3 Å². The van der Waals surface area contributed by atoms with Gasteiger partial charge in [-0.25, -0.2) is 4.68 Å². The Balaban J connectivity index is 2.45. The van der Waals surface area contributed by atoms with Gasteiger partial charge < -0.3 is 0 Å². The van der Waals surface area contributed by atoms with Crippen LogP contribution in [0.25, 0.3) is 5.00 Å². The highest BCUT2D eigenvalue weighted by molar-refractivity contribution is 7.17. The Kier molecular flexibility index (Phi) is 2.28. The summed E-state index contributed by atoms with van der Waals surface area (Å²) in [6, 6.07) is 5.14. The maximum absolute atomic E-state index is 10.5. The zero-order chi connectivity index (χ0) is 11.0.